The minimum atomic E-state index is 0.589. The Balaban J connectivity index is 1.92. The molecule has 2 aromatic carbocycles. The second kappa shape index (κ2) is 10.1. The van der Waals surface area contributed by atoms with Crippen LogP contribution in [0.25, 0.3) is 0 Å². The predicted octanol–water partition coefficient (Wildman–Crippen LogP) is 4.65. The van der Waals surface area contributed by atoms with Crippen molar-refractivity contribution in [2.45, 2.75) is 33.2 Å². The monoisotopic (exact) mass is 340 g/mol. The minimum absolute atomic E-state index is 0.589. The average molecular weight is 341 g/mol. The Morgan fingerprint density at radius 1 is 0.958 bits per heavy atom. The Morgan fingerprint density at radius 3 is 2.12 bits per heavy atom. The molecule has 0 bridgehead atoms. The van der Waals surface area contributed by atoms with Gasteiger partial charge in [-0.25, -0.2) is 0 Å². The Labute approximate surface area is 151 Å². The van der Waals surface area contributed by atoms with Crippen molar-refractivity contribution in [1.29, 1.82) is 0 Å². The Bertz CT molecular complexity index is 596. The van der Waals surface area contributed by atoms with E-state index >= 15 is 0 Å². The molecule has 2 nitrogen and oxygen atoms in total. The number of rotatable bonds is 8. The normalized spacial score (nSPS) is 10.6. The van der Waals surface area contributed by atoms with Crippen LogP contribution in [0.15, 0.2) is 60.7 Å². The van der Waals surface area contributed by atoms with Gasteiger partial charge in [0.15, 0.2) is 5.11 Å². The van der Waals surface area contributed by atoms with Gasteiger partial charge in [0.05, 0.1) is 0 Å². The third-order valence-corrected chi connectivity index (χ3v) is 4.30. The zero-order valence-corrected chi connectivity index (χ0v) is 15.6. The van der Waals surface area contributed by atoms with Crippen molar-refractivity contribution in [1.82, 2.24) is 10.2 Å². The van der Waals surface area contributed by atoms with Crippen molar-refractivity contribution in [3.63, 3.8) is 0 Å². The summed E-state index contributed by atoms with van der Waals surface area (Å²) in [6.45, 7) is 7.15. The van der Waals surface area contributed by atoms with E-state index in [1.165, 1.54) is 11.1 Å². The van der Waals surface area contributed by atoms with Crippen molar-refractivity contribution >= 4 is 17.3 Å². The minimum Gasteiger partial charge on any atom is -0.362 e. The lowest BCUT2D eigenvalue weighted by atomic mass is 10.1. The van der Waals surface area contributed by atoms with E-state index in [1.807, 2.05) is 0 Å². The van der Waals surface area contributed by atoms with E-state index in [1.54, 1.807) is 0 Å². The van der Waals surface area contributed by atoms with Gasteiger partial charge in [-0.05, 0) is 42.1 Å². The molecule has 0 unspecified atom stereocenters. The van der Waals surface area contributed by atoms with Gasteiger partial charge in [-0.2, -0.15) is 0 Å². The smallest absolute Gasteiger partial charge is 0.169 e. The maximum atomic E-state index is 5.64. The highest BCUT2D eigenvalue weighted by molar-refractivity contribution is 7.80. The largest absolute Gasteiger partial charge is 0.362 e. The Kier molecular flexibility index (Phi) is 7.76. The van der Waals surface area contributed by atoms with Crippen LogP contribution in [0.5, 0.6) is 0 Å². The first-order valence-electron chi connectivity index (χ1n) is 8.76. The van der Waals surface area contributed by atoms with Crippen LogP contribution >= 0.6 is 12.2 Å². The van der Waals surface area contributed by atoms with Gasteiger partial charge in [-0.3, -0.25) is 0 Å². The molecule has 0 heterocycles. The Hall–Kier alpha value is -1.87. The molecule has 0 aliphatic rings. The molecule has 0 aromatic heterocycles. The summed E-state index contributed by atoms with van der Waals surface area (Å²) in [5, 5.41) is 4.27. The molecule has 0 aliphatic heterocycles. The van der Waals surface area contributed by atoms with Crippen molar-refractivity contribution < 1.29 is 0 Å². The second-order valence-electron chi connectivity index (χ2n) is 6.58. The van der Waals surface area contributed by atoms with E-state index in [2.05, 4.69) is 84.7 Å². The highest BCUT2D eigenvalue weighted by Crippen LogP contribution is 2.09. The number of nitrogens with one attached hydrogen (secondary N) is 1. The maximum Gasteiger partial charge on any atom is 0.169 e. The third-order valence-electron chi connectivity index (χ3n) is 3.90. The summed E-state index contributed by atoms with van der Waals surface area (Å²) in [5.41, 5.74) is 2.68. The number of nitrogens with zero attached hydrogens (tertiary/aromatic N) is 1. The Morgan fingerprint density at radius 2 is 1.54 bits per heavy atom. The number of benzene rings is 2. The van der Waals surface area contributed by atoms with Crippen LogP contribution in [0.3, 0.4) is 0 Å². The molecule has 2 aromatic rings. The van der Waals surface area contributed by atoms with E-state index in [0.29, 0.717) is 5.92 Å². The van der Waals surface area contributed by atoms with Gasteiger partial charge in [0, 0.05) is 19.6 Å². The summed E-state index contributed by atoms with van der Waals surface area (Å²) < 4.78 is 0. The van der Waals surface area contributed by atoms with Gasteiger partial charge in [-0.1, -0.05) is 74.5 Å². The van der Waals surface area contributed by atoms with Crippen molar-refractivity contribution in [2.75, 3.05) is 13.1 Å². The van der Waals surface area contributed by atoms with E-state index in [4.69, 9.17) is 12.2 Å². The number of thiocarbonyl (C=S) groups is 1. The molecule has 0 saturated heterocycles. The summed E-state index contributed by atoms with van der Waals surface area (Å²) in [5.74, 6) is 0.589. The molecular weight excluding hydrogens is 312 g/mol. The fourth-order valence-corrected chi connectivity index (χ4v) is 2.82. The first-order chi connectivity index (χ1) is 11.6. The first kappa shape index (κ1) is 18.5. The zero-order chi connectivity index (χ0) is 17.2. The van der Waals surface area contributed by atoms with Gasteiger partial charge in [0.1, 0.15) is 0 Å². The van der Waals surface area contributed by atoms with Crippen LogP contribution in [-0.4, -0.2) is 23.1 Å². The van der Waals surface area contributed by atoms with Gasteiger partial charge in [0.25, 0.3) is 0 Å². The lowest BCUT2D eigenvalue weighted by Crippen LogP contribution is -2.41. The lowest BCUT2D eigenvalue weighted by Gasteiger charge is -2.26. The highest BCUT2D eigenvalue weighted by atomic mass is 32.1. The van der Waals surface area contributed by atoms with Crippen molar-refractivity contribution in [3.05, 3.63) is 71.8 Å². The van der Waals surface area contributed by atoms with Crippen LogP contribution in [0.2, 0.25) is 0 Å². The summed E-state index contributed by atoms with van der Waals surface area (Å²) in [6, 6.07) is 21.2. The van der Waals surface area contributed by atoms with E-state index < -0.39 is 0 Å². The first-order valence-corrected chi connectivity index (χ1v) is 9.16. The molecule has 1 N–H and O–H groups in total. The summed E-state index contributed by atoms with van der Waals surface area (Å²) in [6.07, 6.45) is 2.18. The van der Waals surface area contributed by atoms with Crippen molar-refractivity contribution in [3.8, 4) is 0 Å². The summed E-state index contributed by atoms with van der Waals surface area (Å²) in [7, 11) is 0. The molecule has 0 radical (unpaired) electrons. The van der Waals surface area contributed by atoms with Gasteiger partial charge in [-0.15, -0.1) is 0 Å². The molecule has 2 rings (SSSR count). The molecule has 0 saturated carbocycles. The van der Waals surface area contributed by atoms with Crippen molar-refractivity contribution in [2.24, 2.45) is 5.92 Å². The summed E-state index contributed by atoms with van der Waals surface area (Å²) in [4.78, 5) is 2.29. The standard InChI is InChI=1S/C21H28N2S/c1-18(2)16-22-21(24)23(17-20-12-7-4-8-13-20)15-9-14-19-10-5-3-6-11-19/h3-8,10-13,18H,9,14-17H2,1-2H3,(H,22,24). The lowest BCUT2D eigenvalue weighted by molar-refractivity contribution is 0.394. The average Bonchev–Trinajstić information content (AvgIpc) is 2.60. The topological polar surface area (TPSA) is 15.3 Å². The van der Waals surface area contributed by atoms with E-state index in [-0.39, 0.29) is 0 Å². The SMILES string of the molecule is CC(C)CNC(=S)N(CCCc1ccccc1)Cc1ccccc1. The quantitative estimate of drug-likeness (QED) is 0.704. The number of aryl methyl sites for hydroxylation is 1. The molecular formula is C21H28N2S. The molecule has 24 heavy (non-hydrogen) atoms. The number of hydrogen-bond donors (Lipinski definition) is 1. The van der Waals surface area contributed by atoms with Crippen LogP contribution in [0.4, 0.5) is 0 Å². The second-order valence-corrected chi connectivity index (χ2v) is 6.96. The van der Waals surface area contributed by atoms with Crippen LogP contribution < -0.4 is 5.32 Å². The molecule has 0 amide bonds. The van der Waals surface area contributed by atoms with Gasteiger partial charge in [0.2, 0.25) is 0 Å². The maximum absolute atomic E-state index is 5.64. The van der Waals surface area contributed by atoms with Gasteiger partial charge >= 0.3 is 0 Å². The van der Waals surface area contributed by atoms with E-state index in [9.17, 15) is 0 Å². The number of hydrogen-bond acceptors (Lipinski definition) is 1. The highest BCUT2D eigenvalue weighted by Gasteiger charge is 2.10. The van der Waals surface area contributed by atoms with Gasteiger partial charge < -0.3 is 10.2 Å². The fourth-order valence-electron chi connectivity index (χ4n) is 2.58. The van der Waals surface area contributed by atoms with Crippen LogP contribution in [-0.2, 0) is 13.0 Å². The molecule has 0 aliphatic carbocycles. The molecule has 0 spiro atoms. The molecule has 0 fully saturated rings. The molecule has 128 valence electrons. The fraction of sp³-hybridized carbons (Fsp3) is 0.381. The van der Waals surface area contributed by atoms with Crippen LogP contribution in [0.1, 0.15) is 31.4 Å². The zero-order valence-electron chi connectivity index (χ0n) is 14.7. The predicted molar refractivity (Wildman–Crippen MR) is 107 cm³/mol. The van der Waals surface area contributed by atoms with E-state index in [0.717, 1.165) is 37.6 Å². The third kappa shape index (κ3) is 6.71. The molecule has 0 atom stereocenters. The van der Waals surface area contributed by atoms with Crippen LogP contribution in [0, 0.1) is 5.92 Å². The summed E-state index contributed by atoms with van der Waals surface area (Å²) >= 11 is 5.64. The molecule has 3 heteroatoms.